The Morgan fingerprint density at radius 1 is 1.44 bits per heavy atom. The van der Waals surface area contributed by atoms with Gasteiger partial charge in [0.2, 0.25) is 0 Å². The topological polar surface area (TPSA) is 21.3 Å². The Kier molecular flexibility index (Phi) is 5.98. The molecule has 0 spiro atoms. The molecule has 0 aromatic heterocycles. The molecule has 1 rings (SSSR count). The fourth-order valence-corrected chi connectivity index (χ4v) is 1.70. The van der Waals surface area contributed by atoms with Crippen LogP contribution in [0.3, 0.4) is 0 Å². The van der Waals surface area contributed by atoms with Crippen LogP contribution in [0.5, 0.6) is 5.75 Å². The van der Waals surface area contributed by atoms with E-state index >= 15 is 0 Å². The molecule has 0 heterocycles. The molecule has 1 aromatic carbocycles. The average molecular weight is 240 g/mol. The van der Waals surface area contributed by atoms with Crippen molar-refractivity contribution in [3.8, 4) is 5.75 Å². The number of nitrogens with one attached hydrogen (secondary N) is 1. The quantitative estimate of drug-likeness (QED) is 0.607. The van der Waals surface area contributed by atoms with E-state index in [1.54, 1.807) is 7.11 Å². The molecule has 0 saturated carbocycles. The highest BCUT2D eigenvalue weighted by Gasteiger charge is 2.05. The maximum atomic E-state index is 6.11. The van der Waals surface area contributed by atoms with E-state index < -0.39 is 0 Å². The van der Waals surface area contributed by atoms with Crippen LogP contribution in [-0.2, 0) is 6.54 Å². The van der Waals surface area contributed by atoms with E-state index in [0.29, 0.717) is 0 Å². The first-order valence-electron chi connectivity index (χ1n) is 5.42. The molecular weight excluding hydrogens is 222 g/mol. The zero-order chi connectivity index (χ0) is 11.8. The molecule has 88 valence electrons. The summed E-state index contributed by atoms with van der Waals surface area (Å²) in [5.41, 5.74) is 1.02. The zero-order valence-electron chi connectivity index (χ0n) is 9.79. The minimum atomic E-state index is 0.737. The summed E-state index contributed by atoms with van der Waals surface area (Å²) in [5, 5.41) is 4.08. The van der Waals surface area contributed by atoms with Crippen molar-refractivity contribution < 1.29 is 4.74 Å². The van der Waals surface area contributed by atoms with Crippen LogP contribution in [0, 0.1) is 0 Å². The van der Waals surface area contributed by atoms with Crippen molar-refractivity contribution in [3.63, 3.8) is 0 Å². The number of ether oxygens (including phenoxy) is 1. The van der Waals surface area contributed by atoms with Crippen molar-refractivity contribution in [2.24, 2.45) is 0 Å². The summed E-state index contributed by atoms with van der Waals surface area (Å²) in [6.07, 6.45) is 5.22. The lowest BCUT2D eigenvalue weighted by Crippen LogP contribution is -2.15. The lowest BCUT2D eigenvalue weighted by atomic mass is 10.2. The molecule has 0 unspecified atom stereocenters. The second-order valence-corrected chi connectivity index (χ2v) is 3.86. The van der Waals surface area contributed by atoms with Gasteiger partial charge in [0.15, 0.2) is 0 Å². The summed E-state index contributed by atoms with van der Waals surface area (Å²) in [6, 6.07) is 5.70. The van der Waals surface area contributed by atoms with Crippen molar-refractivity contribution >= 4 is 11.6 Å². The first-order chi connectivity index (χ1) is 7.79. The van der Waals surface area contributed by atoms with Crippen molar-refractivity contribution in [3.05, 3.63) is 40.9 Å². The fraction of sp³-hybridized carbons (Fsp3) is 0.385. The van der Waals surface area contributed by atoms with E-state index in [1.807, 2.05) is 25.1 Å². The van der Waals surface area contributed by atoms with Gasteiger partial charge in [0.1, 0.15) is 5.75 Å². The van der Waals surface area contributed by atoms with Gasteiger partial charge < -0.3 is 10.1 Å². The normalized spacial score (nSPS) is 10.9. The van der Waals surface area contributed by atoms with Gasteiger partial charge in [0.25, 0.3) is 0 Å². The highest BCUT2D eigenvalue weighted by Crippen LogP contribution is 2.25. The molecule has 0 bridgehead atoms. The summed E-state index contributed by atoms with van der Waals surface area (Å²) in [6.45, 7) is 3.70. The molecule has 0 aliphatic carbocycles. The van der Waals surface area contributed by atoms with E-state index in [2.05, 4.69) is 17.5 Å². The molecule has 0 fully saturated rings. The molecule has 1 N–H and O–H groups in total. The number of hydrogen-bond acceptors (Lipinski definition) is 2. The van der Waals surface area contributed by atoms with Gasteiger partial charge in [-0.1, -0.05) is 29.8 Å². The van der Waals surface area contributed by atoms with Gasteiger partial charge in [-0.15, -0.1) is 0 Å². The van der Waals surface area contributed by atoms with Gasteiger partial charge in [0, 0.05) is 17.1 Å². The van der Waals surface area contributed by atoms with Gasteiger partial charge in [-0.2, -0.15) is 0 Å². The van der Waals surface area contributed by atoms with E-state index in [1.165, 1.54) is 0 Å². The van der Waals surface area contributed by atoms with Gasteiger partial charge in [-0.05, 0) is 32.0 Å². The molecule has 1 aromatic rings. The first-order valence-corrected chi connectivity index (χ1v) is 5.80. The van der Waals surface area contributed by atoms with Crippen LogP contribution in [0.1, 0.15) is 18.9 Å². The molecule has 0 aliphatic heterocycles. The van der Waals surface area contributed by atoms with Crippen LogP contribution in [0.15, 0.2) is 30.4 Å². The molecule has 2 nitrogen and oxygen atoms in total. The van der Waals surface area contributed by atoms with Crippen LogP contribution < -0.4 is 10.1 Å². The molecule has 3 heteroatoms. The Hall–Kier alpha value is -0.990. The number of methoxy groups -OCH3 is 1. The summed E-state index contributed by atoms with van der Waals surface area (Å²) in [5.74, 6) is 0.839. The zero-order valence-corrected chi connectivity index (χ0v) is 10.6. The Balaban J connectivity index is 2.52. The Labute approximate surface area is 102 Å². The fourth-order valence-electron chi connectivity index (χ4n) is 1.47. The van der Waals surface area contributed by atoms with Crippen LogP contribution in [0.25, 0.3) is 0 Å². The van der Waals surface area contributed by atoms with Crippen molar-refractivity contribution in [2.75, 3.05) is 13.7 Å². The van der Waals surface area contributed by atoms with E-state index in [-0.39, 0.29) is 0 Å². The number of halogens is 1. The van der Waals surface area contributed by atoms with Gasteiger partial charge in [-0.3, -0.25) is 0 Å². The van der Waals surface area contributed by atoms with E-state index in [4.69, 9.17) is 16.3 Å². The predicted molar refractivity (Wildman–Crippen MR) is 69.1 cm³/mol. The summed E-state index contributed by atoms with van der Waals surface area (Å²) in [4.78, 5) is 0. The minimum absolute atomic E-state index is 0.737. The second kappa shape index (κ2) is 7.31. The maximum absolute atomic E-state index is 6.11. The lowest BCUT2D eigenvalue weighted by molar-refractivity contribution is 0.408. The Bertz CT molecular complexity index is 350. The third kappa shape index (κ3) is 3.87. The largest absolute Gasteiger partial charge is 0.496 e. The van der Waals surface area contributed by atoms with Gasteiger partial charge in [0.05, 0.1) is 7.11 Å². The molecule has 0 amide bonds. The van der Waals surface area contributed by atoms with Crippen LogP contribution in [0.4, 0.5) is 0 Å². The number of allylic oxidation sites excluding steroid dienone is 1. The third-order valence-corrected chi connectivity index (χ3v) is 2.68. The standard InChI is InChI=1S/C13H18ClNO/c1-3-4-5-9-15-10-11-12(14)7-6-8-13(11)16-2/h3-4,6-8,15H,5,9-10H2,1-2H3/b4-3+. The number of benzene rings is 1. The average Bonchev–Trinajstić information content (AvgIpc) is 2.30. The van der Waals surface area contributed by atoms with Crippen molar-refractivity contribution in [2.45, 2.75) is 19.9 Å². The van der Waals surface area contributed by atoms with E-state index in [0.717, 1.165) is 35.8 Å². The summed E-state index contributed by atoms with van der Waals surface area (Å²) < 4.78 is 5.27. The summed E-state index contributed by atoms with van der Waals surface area (Å²) >= 11 is 6.11. The molecule has 0 saturated heterocycles. The smallest absolute Gasteiger partial charge is 0.124 e. The lowest BCUT2D eigenvalue weighted by Gasteiger charge is -2.10. The summed E-state index contributed by atoms with van der Waals surface area (Å²) in [7, 11) is 1.66. The number of hydrogen-bond donors (Lipinski definition) is 1. The van der Waals surface area contributed by atoms with Gasteiger partial charge in [-0.25, -0.2) is 0 Å². The van der Waals surface area contributed by atoms with Gasteiger partial charge >= 0.3 is 0 Å². The molecule has 0 atom stereocenters. The maximum Gasteiger partial charge on any atom is 0.124 e. The van der Waals surface area contributed by atoms with E-state index in [9.17, 15) is 0 Å². The second-order valence-electron chi connectivity index (χ2n) is 3.46. The van der Waals surface area contributed by atoms with Crippen molar-refractivity contribution in [1.29, 1.82) is 0 Å². The molecule has 16 heavy (non-hydrogen) atoms. The Morgan fingerprint density at radius 3 is 2.94 bits per heavy atom. The minimum Gasteiger partial charge on any atom is -0.496 e. The van der Waals surface area contributed by atoms with Crippen LogP contribution >= 0.6 is 11.6 Å². The van der Waals surface area contributed by atoms with Crippen molar-refractivity contribution in [1.82, 2.24) is 5.32 Å². The monoisotopic (exact) mass is 239 g/mol. The third-order valence-electron chi connectivity index (χ3n) is 2.32. The predicted octanol–water partition coefficient (Wildman–Crippen LogP) is 3.40. The Morgan fingerprint density at radius 2 is 2.25 bits per heavy atom. The molecule has 0 aliphatic rings. The highest BCUT2D eigenvalue weighted by molar-refractivity contribution is 6.31. The first kappa shape index (κ1) is 13.1. The highest BCUT2D eigenvalue weighted by atomic mass is 35.5. The van der Waals surface area contributed by atoms with Crippen LogP contribution in [0.2, 0.25) is 5.02 Å². The van der Waals surface area contributed by atoms with Crippen LogP contribution in [-0.4, -0.2) is 13.7 Å². The number of rotatable bonds is 6. The molecular formula is C13H18ClNO. The SMILES string of the molecule is C/C=C/CCNCc1c(Cl)cccc1OC. The molecule has 0 radical (unpaired) electrons.